The van der Waals surface area contributed by atoms with Crippen LogP contribution in [-0.2, 0) is 0 Å². The van der Waals surface area contributed by atoms with Gasteiger partial charge in [-0.2, -0.15) is 0 Å². The quantitative estimate of drug-likeness (QED) is 0.639. The standard InChI is InChI=1S/C15H21N3/c1-11-5-2-3-6-14(11)12-9-13(10-12)17-15(16)18-7-4-8-18/h2-3,5-6,12-13H,4,7-10H2,1H3,(H2,16,17). The number of benzene rings is 1. The Balaban J connectivity index is 1.58. The van der Waals surface area contributed by atoms with Gasteiger partial charge in [-0.3, -0.25) is 0 Å². The molecular formula is C15H21N3. The van der Waals surface area contributed by atoms with Crippen LogP contribution in [0.4, 0.5) is 0 Å². The molecule has 1 saturated heterocycles. The molecule has 0 atom stereocenters. The van der Waals surface area contributed by atoms with Gasteiger partial charge in [0.25, 0.3) is 0 Å². The van der Waals surface area contributed by atoms with Crippen molar-refractivity contribution in [3.8, 4) is 0 Å². The monoisotopic (exact) mass is 243 g/mol. The van der Waals surface area contributed by atoms with Crippen molar-refractivity contribution in [3.63, 3.8) is 0 Å². The molecule has 1 aromatic rings. The largest absolute Gasteiger partial charge is 0.370 e. The number of likely N-dealkylation sites (tertiary alicyclic amines) is 1. The highest BCUT2D eigenvalue weighted by molar-refractivity contribution is 5.79. The van der Waals surface area contributed by atoms with Crippen molar-refractivity contribution in [2.75, 3.05) is 13.1 Å². The molecule has 1 aromatic carbocycles. The van der Waals surface area contributed by atoms with Gasteiger partial charge in [-0.25, -0.2) is 4.99 Å². The van der Waals surface area contributed by atoms with Gasteiger partial charge in [0.1, 0.15) is 0 Å². The normalized spacial score (nSPS) is 27.6. The van der Waals surface area contributed by atoms with E-state index in [1.165, 1.54) is 17.5 Å². The Kier molecular flexibility index (Phi) is 2.98. The summed E-state index contributed by atoms with van der Waals surface area (Å²) < 4.78 is 0. The second kappa shape index (κ2) is 4.63. The van der Waals surface area contributed by atoms with Gasteiger partial charge < -0.3 is 10.6 Å². The lowest BCUT2D eigenvalue weighted by Gasteiger charge is -2.37. The highest BCUT2D eigenvalue weighted by Crippen LogP contribution is 2.40. The summed E-state index contributed by atoms with van der Waals surface area (Å²) >= 11 is 0. The van der Waals surface area contributed by atoms with E-state index in [4.69, 9.17) is 5.73 Å². The third kappa shape index (κ3) is 2.09. The van der Waals surface area contributed by atoms with Crippen LogP contribution in [0.1, 0.15) is 36.3 Å². The lowest BCUT2D eigenvalue weighted by molar-refractivity contribution is 0.286. The first-order chi connectivity index (χ1) is 8.74. The SMILES string of the molecule is Cc1ccccc1C1CC(N=C(N)N2CCC2)C1. The molecule has 1 heterocycles. The average molecular weight is 243 g/mol. The molecule has 1 aliphatic carbocycles. The first-order valence-electron chi connectivity index (χ1n) is 6.88. The molecule has 2 fully saturated rings. The van der Waals surface area contributed by atoms with Crippen LogP contribution in [0.25, 0.3) is 0 Å². The van der Waals surface area contributed by atoms with Crippen molar-refractivity contribution >= 4 is 5.96 Å². The lowest BCUT2D eigenvalue weighted by atomic mass is 9.75. The number of hydrogen-bond donors (Lipinski definition) is 1. The van der Waals surface area contributed by atoms with Crippen molar-refractivity contribution < 1.29 is 0 Å². The molecule has 3 nitrogen and oxygen atoms in total. The van der Waals surface area contributed by atoms with Crippen molar-refractivity contribution in [1.82, 2.24) is 4.90 Å². The molecule has 0 bridgehead atoms. The minimum Gasteiger partial charge on any atom is -0.370 e. The number of aryl methyl sites for hydroxylation is 1. The molecule has 1 saturated carbocycles. The second-order valence-electron chi connectivity index (χ2n) is 5.51. The van der Waals surface area contributed by atoms with Crippen molar-refractivity contribution in [1.29, 1.82) is 0 Å². The summed E-state index contributed by atoms with van der Waals surface area (Å²) in [6.45, 7) is 4.37. The van der Waals surface area contributed by atoms with Crippen molar-refractivity contribution in [3.05, 3.63) is 35.4 Å². The van der Waals surface area contributed by atoms with Gasteiger partial charge >= 0.3 is 0 Å². The maximum absolute atomic E-state index is 5.98. The van der Waals surface area contributed by atoms with Crippen molar-refractivity contribution in [2.45, 2.75) is 38.1 Å². The fourth-order valence-electron chi connectivity index (χ4n) is 2.81. The number of nitrogens with zero attached hydrogens (tertiary/aromatic N) is 2. The zero-order valence-electron chi connectivity index (χ0n) is 11.0. The van der Waals surface area contributed by atoms with Crippen LogP contribution in [0.3, 0.4) is 0 Å². The Labute approximate surface area is 109 Å². The van der Waals surface area contributed by atoms with Gasteiger partial charge in [0.2, 0.25) is 0 Å². The predicted molar refractivity (Wildman–Crippen MR) is 74.8 cm³/mol. The summed E-state index contributed by atoms with van der Waals surface area (Å²) in [5.74, 6) is 1.44. The molecule has 96 valence electrons. The number of guanidine groups is 1. The Bertz CT molecular complexity index is 457. The van der Waals surface area contributed by atoms with Gasteiger partial charge in [-0.05, 0) is 43.2 Å². The smallest absolute Gasteiger partial charge is 0.191 e. The number of aliphatic imine (C=N–C) groups is 1. The molecule has 1 aliphatic heterocycles. The Morgan fingerprint density at radius 1 is 1.28 bits per heavy atom. The number of hydrogen-bond acceptors (Lipinski definition) is 1. The van der Waals surface area contributed by atoms with E-state index in [0.717, 1.165) is 31.9 Å². The van der Waals surface area contributed by atoms with E-state index in [1.807, 2.05) is 0 Å². The van der Waals surface area contributed by atoms with Gasteiger partial charge in [0, 0.05) is 13.1 Å². The maximum Gasteiger partial charge on any atom is 0.191 e. The molecule has 0 aromatic heterocycles. The van der Waals surface area contributed by atoms with Crippen LogP contribution < -0.4 is 5.73 Å². The molecule has 2 N–H and O–H groups in total. The Hall–Kier alpha value is -1.51. The molecule has 0 unspecified atom stereocenters. The topological polar surface area (TPSA) is 41.6 Å². The highest BCUT2D eigenvalue weighted by atomic mass is 15.3. The van der Waals surface area contributed by atoms with Gasteiger partial charge in [-0.1, -0.05) is 24.3 Å². The third-order valence-electron chi connectivity index (χ3n) is 4.24. The summed E-state index contributed by atoms with van der Waals surface area (Å²) in [4.78, 5) is 6.80. The predicted octanol–water partition coefficient (Wildman–Crippen LogP) is 2.26. The second-order valence-corrected chi connectivity index (χ2v) is 5.51. The fourth-order valence-corrected chi connectivity index (χ4v) is 2.81. The molecule has 0 spiro atoms. The number of rotatable bonds is 2. The summed E-state index contributed by atoms with van der Waals surface area (Å²) in [6, 6.07) is 9.12. The highest BCUT2D eigenvalue weighted by Gasteiger charge is 2.31. The molecular weight excluding hydrogens is 222 g/mol. The summed E-state index contributed by atoms with van der Waals surface area (Å²) in [7, 11) is 0. The zero-order chi connectivity index (χ0) is 12.5. The molecule has 0 amide bonds. The van der Waals surface area contributed by atoms with E-state index in [2.05, 4.69) is 41.1 Å². The van der Waals surface area contributed by atoms with Gasteiger partial charge in [0.15, 0.2) is 5.96 Å². The van der Waals surface area contributed by atoms with E-state index in [-0.39, 0.29) is 0 Å². The van der Waals surface area contributed by atoms with Crippen LogP contribution in [0.5, 0.6) is 0 Å². The molecule has 18 heavy (non-hydrogen) atoms. The zero-order valence-corrected chi connectivity index (χ0v) is 11.0. The van der Waals surface area contributed by atoms with Crippen molar-refractivity contribution in [2.24, 2.45) is 10.7 Å². The summed E-state index contributed by atoms with van der Waals surface area (Å²) in [5.41, 5.74) is 8.87. The first kappa shape index (κ1) is 11.6. The van der Waals surface area contributed by atoms with Crippen LogP contribution in [0, 0.1) is 6.92 Å². The average Bonchev–Trinajstić information content (AvgIpc) is 2.22. The van der Waals surface area contributed by atoms with E-state index in [9.17, 15) is 0 Å². The molecule has 2 aliphatic rings. The molecule has 3 rings (SSSR count). The van der Waals surface area contributed by atoms with E-state index in [0.29, 0.717) is 12.0 Å². The first-order valence-corrected chi connectivity index (χ1v) is 6.88. The van der Waals surface area contributed by atoms with Crippen LogP contribution in [0.15, 0.2) is 29.3 Å². The van der Waals surface area contributed by atoms with E-state index in [1.54, 1.807) is 0 Å². The van der Waals surface area contributed by atoms with Crippen LogP contribution in [-0.4, -0.2) is 30.0 Å². The molecule has 3 heteroatoms. The maximum atomic E-state index is 5.98. The van der Waals surface area contributed by atoms with Gasteiger partial charge in [-0.15, -0.1) is 0 Å². The Morgan fingerprint density at radius 2 is 2.00 bits per heavy atom. The Morgan fingerprint density at radius 3 is 2.61 bits per heavy atom. The minimum absolute atomic E-state index is 0.440. The minimum atomic E-state index is 0.440. The fraction of sp³-hybridized carbons (Fsp3) is 0.533. The van der Waals surface area contributed by atoms with Gasteiger partial charge in [0.05, 0.1) is 6.04 Å². The summed E-state index contributed by atoms with van der Waals surface area (Å²) in [5, 5.41) is 0. The molecule has 0 radical (unpaired) electrons. The lowest BCUT2D eigenvalue weighted by Crippen LogP contribution is -2.47. The third-order valence-corrected chi connectivity index (χ3v) is 4.24. The van der Waals surface area contributed by atoms with Crippen LogP contribution >= 0.6 is 0 Å². The van der Waals surface area contributed by atoms with E-state index < -0.39 is 0 Å². The van der Waals surface area contributed by atoms with E-state index >= 15 is 0 Å². The summed E-state index contributed by atoms with van der Waals surface area (Å²) in [6.07, 6.45) is 3.56. The number of nitrogens with two attached hydrogens (primary N) is 1. The van der Waals surface area contributed by atoms with Crippen LogP contribution in [0.2, 0.25) is 0 Å².